The van der Waals surface area contributed by atoms with Crippen molar-refractivity contribution in [2.24, 2.45) is 0 Å². The quantitative estimate of drug-likeness (QED) is 0.885. The lowest BCUT2D eigenvalue weighted by atomic mass is 9.97. The zero-order valence-corrected chi connectivity index (χ0v) is 10.6. The predicted octanol–water partition coefficient (Wildman–Crippen LogP) is 3.01. The second kappa shape index (κ2) is 4.72. The van der Waals surface area contributed by atoms with E-state index in [0.29, 0.717) is 16.8 Å². The minimum atomic E-state index is -0.318. The maximum Gasteiger partial charge on any atom is 0.254 e. The summed E-state index contributed by atoms with van der Waals surface area (Å²) in [5, 5.41) is 0. The number of aromatic nitrogens is 2. The Bertz CT molecular complexity index is 612. The van der Waals surface area contributed by atoms with Crippen molar-refractivity contribution in [2.75, 3.05) is 0 Å². The third-order valence-corrected chi connectivity index (χ3v) is 2.78. The van der Waals surface area contributed by atoms with Crippen LogP contribution in [-0.4, -0.2) is 9.97 Å². The Kier molecular flexibility index (Phi) is 3.28. The molecule has 0 unspecified atom stereocenters. The number of nitrogens with one attached hydrogen (secondary N) is 1. The molecular formula is C14H15FN2O. The number of benzene rings is 1. The molecule has 0 amide bonds. The topological polar surface area (TPSA) is 45.8 Å². The second-order valence-electron chi connectivity index (χ2n) is 4.67. The summed E-state index contributed by atoms with van der Waals surface area (Å²) in [6.07, 6.45) is 1.35. The molecule has 0 fully saturated rings. The Labute approximate surface area is 105 Å². The Hall–Kier alpha value is -1.97. The average Bonchev–Trinajstić information content (AvgIpc) is 2.26. The summed E-state index contributed by atoms with van der Waals surface area (Å²) in [6, 6.07) is 4.68. The first-order valence-electron chi connectivity index (χ1n) is 5.84. The minimum absolute atomic E-state index is 0.0287. The second-order valence-corrected chi connectivity index (χ2v) is 4.67. The largest absolute Gasteiger partial charge is 0.313 e. The van der Waals surface area contributed by atoms with Gasteiger partial charge >= 0.3 is 0 Å². The smallest absolute Gasteiger partial charge is 0.254 e. The van der Waals surface area contributed by atoms with E-state index in [-0.39, 0.29) is 17.3 Å². The number of hydrogen-bond acceptors (Lipinski definition) is 2. The molecule has 0 spiro atoms. The van der Waals surface area contributed by atoms with Crippen molar-refractivity contribution >= 4 is 0 Å². The molecule has 0 aliphatic carbocycles. The van der Waals surface area contributed by atoms with E-state index in [1.165, 1.54) is 18.5 Å². The molecule has 1 aromatic carbocycles. The Morgan fingerprint density at radius 1 is 1.28 bits per heavy atom. The fourth-order valence-corrected chi connectivity index (χ4v) is 2.05. The van der Waals surface area contributed by atoms with Gasteiger partial charge in [0.1, 0.15) is 5.82 Å². The van der Waals surface area contributed by atoms with E-state index in [4.69, 9.17) is 0 Å². The molecule has 0 atom stereocenters. The molecule has 94 valence electrons. The van der Waals surface area contributed by atoms with Gasteiger partial charge < -0.3 is 4.98 Å². The highest BCUT2D eigenvalue weighted by molar-refractivity contribution is 5.64. The molecule has 1 N–H and O–H groups in total. The number of aromatic amines is 1. The van der Waals surface area contributed by atoms with Crippen LogP contribution < -0.4 is 5.56 Å². The van der Waals surface area contributed by atoms with Crippen LogP contribution in [0.3, 0.4) is 0 Å². The molecule has 0 aliphatic rings. The summed E-state index contributed by atoms with van der Waals surface area (Å²) in [6.45, 7) is 5.65. The summed E-state index contributed by atoms with van der Waals surface area (Å²) >= 11 is 0. The lowest BCUT2D eigenvalue weighted by Crippen LogP contribution is -2.16. The first kappa shape index (κ1) is 12.5. The van der Waals surface area contributed by atoms with Gasteiger partial charge in [0.05, 0.1) is 12.0 Å². The zero-order valence-electron chi connectivity index (χ0n) is 10.6. The van der Waals surface area contributed by atoms with Crippen LogP contribution in [0, 0.1) is 12.7 Å². The minimum Gasteiger partial charge on any atom is -0.313 e. The van der Waals surface area contributed by atoms with Crippen LogP contribution >= 0.6 is 0 Å². The number of aryl methyl sites for hydroxylation is 1. The van der Waals surface area contributed by atoms with Crippen molar-refractivity contribution in [3.63, 3.8) is 0 Å². The summed E-state index contributed by atoms with van der Waals surface area (Å²) in [5.74, 6) is -0.289. The maximum absolute atomic E-state index is 13.4. The van der Waals surface area contributed by atoms with E-state index in [0.717, 1.165) is 5.56 Å². The number of halogens is 1. The summed E-state index contributed by atoms with van der Waals surface area (Å²) in [4.78, 5) is 18.6. The third-order valence-electron chi connectivity index (χ3n) is 2.78. The van der Waals surface area contributed by atoms with Gasteiger partial charge in [-0.1, -0.05) is 13.8 Å². The van der Waals surface area contributed by atoms with Crippen molar-refractivity contribution < 1.29 is 4.39 Å². The van der Waals surface area contributed by atoms with Crippen LogP contribution in [0.2, 0.25) is 0 Å². The summed E-state index contributed by atoms with van der Waals surface area (Å²) < 4.78 is 13.4. The van der Waals surface area contributed by atoms with Crippen LogP contribution in [0.4, 0.5) is 4.39 Å². The Balaban J connectivity index is 2.71. The zero-order chi connectivity index (χ0) is 13.3. The van der Waals surface area contributed by atoms with Crippen molar-refractivity contribution in [2.45, 2.75) is 26.7 Å². The maximum atomic E-state index is 13.4. The molecule has 1 heterocycles. The number of nitrogens with zero attached hydrogens (tertiary/aromatic N) is 1. The summed E-state index contributed by atoms with van der Waals surface area (Å²) in [5.41, 5.74) is 2.42. The first-order chi connectivity index (χ1) is 8.49. The molecule has 4 heteroatoms. The van der Waals surface area contributed by atoms with Crippen LogP contribution in [0.1, 0.15) is 30.9 Å². The molecule has 0 saturated heterocycles. The van der Waals surface area contributed by atoms with E-state index >= 15 is 0 Å². The Morgan fingerprint density at radius 3 is 2.61 bits per heavy atom. The van der Waals surface area contributed by atoms with E-state index in [1.54, 1.807) is 0 Å². The molecule has 18 heavy (non-hydrogen) atoms. The molecule has 1 aromatic heterocycles. The highest BCUT2D eigenvalue weighted by Crippen LogP contribution is 2.25. The van der Waals surface area contributed by atoms with Crippen molar-refractivity contribution in [3.05, 3.63) is 51.8 Å². The number of rotatable bonds is 2. The fourth-order valence-electron chi connectivity index (χ4n) is 2.05. The highest BCUT2D eigenvalue weighted by atomic mass is 19.1. The van der Waals surface area contributed by atoms with Gasteiger partial charge in [0.15, 0.2) is 0 Å². The highest BCUT2D eigenvalue weighted by Gasteiger charge is 2.14. The van der Waals surface area contributed by atoms with E-state index in [2.05, 4.69) is 9.97 Å². The third kappa shape index (κ3) is 2.32. The van der Waals surface area contributed by atoms with Crippen molar-refractivity contribution in [1.29, 1.82) is 0 Å². The van der Waals surface area contributed by atoms with Gasteiger partial charge in [-0.3, -0.25) is 4.79 Å². The lowest BCUT2D eigenvalue weighted by molar-refractivity contribution is 0.627. The van der Waals surface area contributed by atoms with Gasteiger partial charge in [0.25, 0.3) is 5.56 Å². The first-order valence-corrected chi connectivity index (χ1v) is 5.84. The fraction of sp³-hybridized carbons (Fsp3) is 0.286. The van der Waals surface area contributed by atoms with E-state index in [1.807, 2.05) is 26.8 Å². The normalized spacial score (nSPS) is 10.9. The predicted molar refractivity (Wildman–Crippen MR) is 69.1 cm³/mol. The monoisotopic (exact) mass is 246 g/mol. The van der Waals surface area contributed by atoms with Crippen molar-refractivity contribution in [1.82, 2.24) is 9.97 Å². The molecule has 2 rings (SSSR count). The van der Waals surface area contributed by atoms with Crippen LogP contribution in [-0.2, 0) is 0 Å². The van der Waals surface area contributed by atoms with Gasteiger partial charge in [-0.15, -0.1) is 0 Å². The SMILES string of the molecule is Cc1cc(F)cc(-c2nc[nH]c(=O)c2C(C)C)c1. The average molecular weight is 246 g/mol. The van der Waals surface area contributed by atoms with Gasteiger partial charge in [0.2, 0.25) is 0 Å². The molecule has 0 radical (unpaired) electrons. The van der Waals surface area contributed by atoms with Crippen LogP contribution in [0.5, 0.6) is 0 Å². The number of hydrogen-bond donors (Lipinski definition) is 1. The molecule has 0 saturated carbocycles. The van der Waals surface area contributed by atoms with Crippen LogP contribution in [0.15, 0.2) is 29.3 Å². The van der Waals surface area contributed by atoms with Gasteiger partial charge in [-0.05, 0) is 36.6 Å². The summed E-state index contributed by atoms with van der Waals surface area (Å²) in [7, 11) is 0. The van der Waals surface area contributed by atoms with Crippen molar-refractivity contribution in [3.8, 4) is 11.3 Å². The number of H-pyrrole nitrogens is 1. The molecule has 0 bridgehead atoms. The Morgan fingerprint density at radius 2 is 2.00 bits per heavy atom. The van der Waals surface area contributed by atoms with Gasteiger partial charge in [0, 0.05) is 11.1 Å². The molecule has 3 nitrogen and oxygen atoms in total. The van der Waals surface area contributed by atoms with Gasteiger partial charge in [-0.2, -0.15) is 0 Å². The van der Waals surface area contributed by atoms with E-state index in [9.17, 15) is 9.18 Å². The molecule has 2 aromatic rings. The van der Waals surface area contributed by atoms with Gasteiger partial charge in [-0.25, -0.2) is 9.37 Å². The molecule has 0 aliphatic heterocycles. The van der Waals surface area contributed by atoms with E-state index < -0.39 is 0 Å². The molecular weight excluding hydrogens is 231 g/mol. The van der Waals surface area contributed by atoms with Crippen LogP contribution in [0.25, 0.3) is 11.3 Å². The standard InChI is InChI=1S/C14H15FN2O/c1-8(2)12-13(16-7-17-14(12)18)10-4-9(3)5-11(15)6-10/h4-8H,1-3H3,(H,16,17,18). The lowest BCUT2D eigenvalue weighted by Gasteiger charge is -2.11.